The number of aromatic nitrogens is 2. The van der Waals surface area contributed by atoms with Crippen molar-refractivity contribution in [1.29, 1.82) is 0 Å². The molecule has 0 saturated carbocycles. The molecule has 0 atom stereocenters. The number of pyridine rings is 1. The SMILES string of the molecule is O=C(CCc1ccc(Cl)cc1)Nc1ncc(-c2ccncc2)s1. The highest BCUT2D eigenvalue weighted by Crippen LogP contribution is 2.28. The maximum Gasteiger partial charge on any atom is 0.226 e. The molecule has 2 aromatic heterocycles. The van der Waals surface area contributed by atoms with Gasteiger partial charge in [-0.1, -0.05) is 35.1 Å². The molecule has 2 heterocycles. The zero-order valence-electron chi connectivity index (χ0n) is 12.2. The Labute approximate surface area is 143 Å². The van der Waals surface area contributed by atoms with Gasteiger partial charge in [0.2, 0.25) is 5.91 Å². The average Bonchev–Trinajstić information content (AvgIpc) is 3.04. The molecular formula is C17H14ClN3OS. The Morgan fingerprint density at radius 3 is 2.61 bits per heavy atom. The lowest BCUT2D eigenvalue weighted by Gasteiger charge is -2.02. The summed E-state index contributed by atoms with van der Waals surface area (Å²) in [5.74, 6) is -0.0458. The van der Waals surface area contributed by atoms with Crippen LogP contribution in [0.25, 0.3) is 10.4 Å². The van der Waals surface area contributed by atoms with Gasteiger partial charge in [0.05, 0.1) is 4.88 Å². The van der Waals surface area contributed by atoms with Crippen LogP contribution in [-0.2, 0) is 11.2 Å². The molecule has 0 unspecified atom stereocenters. The number of carbonyl (C=O) groups is 1. The Bertz CT molecular complexity index is 787. The number of amides is 1. The second-order valence-electron chi connectivity index (χ2n) is 4.94. The molecule has 0 saturated heterocycles. The van der Waals surface area contributed by atoms with Crippen LogP contribution in [0, 0.1) is 0 Å². The molecule has 116 valence electrons. The number of hydrogen-bond donors (Lipinski definition) is 1. The second kappa shape index (κ2) is 7.35. The summed E-state index contributed by atoms with van der Waals surface area (Å²) in [6.45, 7) is 0. The van der Waals surface area contributed by atoms with Gasteiger partial charge in [-0.3, -0.25) is 9.78 Å². The van der Waals surface area contributed by atoms with Crippen molar-refractivity contribution in [2.45, 2.75) is 12.8 Å². The highest BCUT2D eigenvalue weighted by atomic mass is 35.5. The van der Waals surface area contributed by atoms with Crippen LogP contribution < -0.4 is 5.32 Å². The Balaban J connectivity index is 1.56. The normalized spacial score (nSPS) is 10.5. The van der Waals surface area contributed by atoms with Gasteiger partial charge in [0.25, 0.3) is 0 Å². The summed E-state index contributed by atoms with van der Waals surface area (Å²) in [4.78, 5) is 21.3. The zero-order chi connectivity index (χ0) is 16.1. The van der Waals surface area contributed by atoms with Gasteiger partial charge in [0.1, 0.15) is 0 Å². The number of thiazole rings is 1. The maximum absolute atomic E-state index is 12.0. The van der Waals surface area contributed by atoms with Crippen molar-refractivity contribution >= 4 is 34.0 Å². The number of nitrogens with zero attached hydrogens (tertiary/aromatic N) is 2. The quantitative estimate of drug-likeness (QED) is 0.745. The molecule has 0 radical (unpaired) electrons. The summed E-state index contributed by atoms with van der Waals surface area (Å²) >= 11 is 7.29. The number of carbonyl (C=O) groups excluding carboxylic acids is 1. The van der Waals surface area contributed by atoms with Gasteiger partial charge >= 0.3 is 0 Å². The van der Waals surface area contributed by atoms with Crippen molar-refractivity contribution in [3.8, 4) is 10.4 Å². The average molecular weight is 344 g/mol. The molecule has 1 aromatic carbocycles. The van der Waals surface area contributed by atoms with Crippen LogP contribution in [-0.4, -0.2) is 15.9 Å². The number of aryl methyl sites for hydroxylation is 1. The summed E-state index contributed by atoms with van der Waals surface area (Å²) in [5, 5.41) is 4.15. The van der Waals surface area contributed by atoms with Gasteiger partial charge in [-0.05, 0) is 41.8 Å². The van der Waals surface area contributed by atoms with Crippen molar-refractivity contribution in [1.82, 2.24) is 9.97 Å². The van der Waals surface area contributed by atoms with Crippen LogP contribution >= 0.6 is 22.9 Å². The van der Waals surface area contributed by atoms with Crippen molar-refractivity contribution in [3.05, 3.63) is 65.6 Å². The number of rotatable bonds is 5. The first kappa shape index (κ1) is 15.6. The summed E-state index contributed by atoms with van der Waals surface area (Å²) < 4.78 is 0. The van der Waals surface area contributed by atoms with E-state index < -0.39 is 0 Å². The Morgan fingerprint density at radius 1 is 1.13 bits per heavy atom. The fourth-order valence-corrected chi connectivity index (χ4v) is 3.04. The van der Waals surface area contributed by atoms with Crippen molar-refractivity contribution < 1.29 is 4.79 Å². The van der Waals surface area contributed by atoms with E-state index in [1.807, 2.05) is 36.4 Å². The van der Waals surface area contributed by atoms with Gasteiger partial charge in [-0.25, -0.2) is 4.98 Å². The number of halogens is 1. The lowest BCUT2D eigenvalue weighted by Crippen LogP contribution is -2.11. The maximum atomic E-state index is 12.0. The van der Waals surface area contributed by atoms with E-state index >= 15 is 0 Å². The van der Waals surface area contributed by atoms with Crippen LogP contribution in [0.1, 0.15) is 12.0 Å². The number of hydrogen-bond acceptors (Lipinski definition) is 4. The van der Waals surface area contributed by atoms with Gasteiger partial charge in [-0.2, -0.15) is 0 Å². The van der Waals surface area contributed by atoms with E-state index in [1.165, 1.54) is 11.3 Å². The van der Waals surface area contributed by atoms with E-state index in [0.717, 1.165) is 16.0 Å². The van der Waals surface area contributed by atoms with Crippen LogP contribution in [0.15, 0.2) is 55.0 Å². The van der Waals surface area contributed by atoms with Crippen LogP contribution in [0.2, 0.25) is 5.02 Å². The largest absolute Gasteiger partial charge is 0.302 e. The Kier molecular flexibility index (Phi) is 5.00. The highest BCUT2D eigenvalue weighted by Gasteiger charge is 2.08. The van der Waals surface area contributed by atoms with E-state index in [-0.39, 0.29) is 5.91 Å². The smallest absolute Gasteiger partial charge is 0.226 e. The second-order valence-corrected chi connectivity index (χ2v) is 6.41. The molecule has 0 aliphatic carbocycles. The van der Waals surface area contributed by atoms with Crippen molar-refractivity contribution in [2.24, 2.45) is 0 Å². The standard InChI is InChI=1S/C17H14ClN3OS/c18-14-4-1-12(2-5-14)3-6-16(22)21-17-20-11-15(23-17)13-7-9-19-10-8-13/h1-2,4-5,7-11H,3,6H2,(H,20,21,22). The van der Waals surface area contributed by atoms with Gasteiger partial charge < -0.3 is 5.32 Å². The predicted molar refractivity (Wildman–Crippen MR) is 93.7 cm³/mol. The zero-order valence-corrected chi connectivity index (χ0v) is 13.8. The van der Waals surface area contributed by atoms with Crippen LogP contribution in [0.4, 0.5) is 5.13 Å². The molecule has 3 aromatic rings. The number of anilines is 1. The minimum Gasteiger partial charge on any atom is -0.302 e. The molecule has 3 rings (SSSR count). The Morgan fingerprint density at radius 2 is 1.87 bits per heavy atom. The molecule has 0 fully saturated rings. The van der Waals surface area contributed by atoms with E-state index in [1.54, 1.807) is 18.6 Å². The lowest BCUT2D eigenvalue weighted by molar-refractivity contribution is -0.116. The fraction of sp³-hybridized carbons (Fsp3) is 0.118. The minimum absolute atomic E-state index is 0.0458. The molecule has 0 bridgehead atoms. The summed E-state index contributed by atoms with van der Waals surface area (Å²) in [5.41, 5.74) is 2.13. The third-order valence-electron chi connectivity index (χ3n) is 3.27. The van der Waals surface area contributed by atoms with E-state index in [2.05, 4.69) is 15.3 Å². The molecule has 4 nitrogen and oxygen atoms in total. The molecule has 0 aliphatic heterocycles. The third-order valence-corrected chi connectivity index (χ3v) is 4.48. The molecule has 6 heteroatoms. The first-order valence-corrected chi connectivity index (χ1v) is 8.31. The first-order valence-electron chi connectivity index (χ1n) is 7.11. The van der Waals surface area contributed by atoms with Crippen molar-refractivity contribution in [2.75, 3.05) is 5.32 Å². The first-order chi connectivity index (χ1) is 11.2. The third kappa shape index (κ3) is 4.37. The van der Waals surface area contributed by atoms with Crippen LogP contribution in [0.5, 0.6) is 0 Å². The van der Waals surface area contributed by atoms with Crippen LogP contribution in [0.3, 0.4) is 0 Å². The van der Waals surface area contributed by atoms with E-state index in [9.17, 15) is 4.79 Å². The molecule has 1 amide bonds. The molecule has 0 aliphatic rings. The number of benzene rings is 1. The lowest BCUT2D eigenvalue weighted by atomic mass is 10.1. The molecule has 1 N–H and O–H groups in total. The molecular weight excluding hydrogens is 330 g/mol. The molecule has 0 spiro atoms. The molecule has 23 heavy (non-hydrogen) atoms. The van der Waals surface area contributed by atoms with Gasteiger partial charge in [-0.15, -0.1) is 0 Å². The topological polar surface area (TPSA) is 54.9 Å². The summed E-state index contributed by atoms with van der Waals surface area (Å²) in [6.07, 6.45) is 6.31. The predicted octanol–water partition coefficient (Wildman–Crippen LogP) is 4.43. The van der Waals surface area contributed by atoms with Gasteiger partial charge in [0, 0.05) is 30.0 Å². The van der Waals surface area contributed by atoms with E-state index in [4.69, 9.17) is 11.6 Å². The fourth-order valence-electron chi connectivity index (χ4n) is 2.07. The number of nitrogens with one attached hydrogen (secondary N) is 1. The van der Waals surface area contributed by atoms with E-state index in [0.29, 0.717) is 23.0 Å². The highest BCUT2D eigenvalue weighted by molar-refractivity contribution is 7.19. The van der Waals surface area contributed by atoms with Crippen molar-refractivity contribution in [3.63, 3.8) is 0 Å². The summed E-state index contributed by atoms with van der Waals surface area (Å²) in [7, 11) is 0. The summed E-state index contributed by atoms with van der Waals surface area (Å²) in [6, 6.07) is 11.4. The van der Waals surface area contributed by atoms with Gasteiger partial charge in [0.15, 0.2) is 5.13 Å². The Hall–Kier alpha value is -2.24. The monoisotopic (exact) mass is 343 g/mol. The minimum atomic E-state index is -0.0458.